The fourth-order valence-corrected chi connectivity index (χ4v) is 15.6. The van der Waals surface area contributed by atoms with Crippen molar-refractivity contribution in [1.29, 1.82) is 0 Å². The molecule has 468 valence electrons. The monoisotopic (exact) mass is 1190 g/mol. The maximum atomic E-state index is 16.4. The zero-order valence-electron chi connectivity index (χ0n) is 56.7. The van der Waals surface area contributed by atoms with Crippen LogP contribution in [0, 0.1) is 50.5 Å². The average Bonchev–Trinajstić information content (AvgIpc) is 1.94. The fourth-order valence-electron chi connectivity index (χ4n) is 15.6. The van der Waals surface area contributed by atoms with Gasteiger partial charge in [0.15, 0.2) is 13.2 Å². The molecule has 2 aliphatic rings. The first-order valence-electron chi connectivity index (χ1n) is 32.6. The molecule has 88 heavy (non-hydrogen) atoms. The molecule has 7 heteroatoms. The summed E-state index contributed by atoms with van der Waals surface area (Å²) in [6.45, 7) is 40.6. The second-order valence-electron chi connectivity index (χ2n) is 32.2. The van der Waals surface area contributed by atoms with Gasteiger partial charge in [-0.2, -0.15) is 0 Å². The summed E-state index contributed by atoms with van der Waals surface area (Å²) < 4.78 is 41.0. The van der Waals surface area contributed by atoms with E-state index in [9.17, 15) is 10.2 Å². The largest absolute Gasteiger partial charge is 0.711 e. The van der Waals surface area contributed by atoms with Gasteiger partial charge in [0.25, 0.3) is 0 Å². The fraction of sp³-hybridized carbons (Fsp3) is 0.457. The van der Waals surface area contributed by atoms with Gasteiger partial charge in [-0.05, 0) is 235 Å². The smallest absolute Gasteiger partial charge is 0.237 e. The topological polar surface area (TPSA) is 50.8 Å². The van der Waals surface area contributed by atoms with E-state index in [0.717, 1.165) is 103 Å². The molecule has 0 aliphatic heterocycles. The maximum absolute atomic E-state index is 16.4. The quantitative estimate of drug-likeness (QED) is 0.0842. The van der Waals surface area contributed by atoms with E-state index in [1.807, 2.05) is 13.8 Å². The molecule has 7 aromatic carbocycles. The highest BCUT2D eigenvalue weighted by Crippen LogP contribution is 2.54. The molecule has 0 saturated carbocycles. The predicted octanol–water partition coefficient (Wildman–Crippen LogP) is 23.1. The lowest BCUT2D eigenvalue weighted by molar-refractivity contribution is -0.0170. The Hall–Kier alpha value is -6.60. The van der Waals surface area contributed by atoms with Gasteiger partial charge in [-0.1, -0.05) is 141 Å². The third-order valence-corrected chi connectivity index (χ3v) is 19.1. The Morgan fingerprint density at radius 1 is 0.455 bits per heavy atom. The van der Waals surface area contributed by atoms with Gasteiger partial charge < -0.3 is 23.5 Å². The molecule has 0 fully saturated rings. The Balaban J connectivity index is 1.08. The number of aromatic hydroxyl groups is 2. The molecule has 8 aromatic rings. The Bertz CT molecular complexity index is 3890. The minimum atomic E-state index is -0.421. The van der Waals surface area contributed by atoms with Crippen LogP contribution in [0.2, 0.25) is 0 Å². The van der Waals surface area contributed by atoms with Crippen molar-refractivity contribution in [3.05, 3.63) is 172 Å². The van der Waals surface area contributed by atoms with Gasteiger partial charge in [0, 0.05) is 38.6 Å². The van der Waals surface area contributed by atoms with Crippen molar-refractivity contribution in [3.63, 3.8) is 0 Å². The molecule has 0 spiro atoms. The van der Waals surface area contributed by atoms with Crippen molar-refractivity contribution in [2.75, 3.05) is 13.2 Å². The number of aromatic nitrogens is 1. The first-order chi connectivity index (χ1) is 40.9. The summed E-state index contributed by atoms with van der Waals surface area (Å²) in [7, 11) is 9.19. The molecule has 0 amide bonds. The van der Waals surface area contributed by atoms with Crippen LogP contribution in [0.15, 0.2) is 91.0 Å². The first-order valence-corrected chi connectivity index (χ1v) is 32.6. The number of aryl methyl sites for hydroxylation is 4. The number of hydrogen-bond acceptors (Lipinski definition) is 2. The molecule has 5 nitrogen and oxygen atoms in total. The van der Waals surface area contributed by atoms with Crippen molar-refractivity contribution in [3.8, 4) is 62.1 Å². The third-order valence-electron chi connectivity index (χ3n) is 19.1. The second-order valence-corrected chi connectivity index (χ2v) is 32.2. The van der Waals surface area contributed by atoms with Crippen LogP contribution in [-0.4, -0.2) is 28.0 Å². The molecule has 1 heterocycles. The van der Waals surface area contributed by atoms with Crippen LogP contribution in [0.4, 0.5) is 8.78 Å². The maximum Gasteiger partial charge on any atom is 0.237 e. The highest BCUT2D eigenvalue weighted by Gasteiger charge is 2.36. The van der Waals surface area contributed by atoms with Gasteiger partial charge in [-0.3, -0.25) is 0 Å². The minimum Gasteiger partial charge on any atom is -0.711 e. The van der Waals surface area contributed by atoms with Crippen molar-refractivity contribution in [2.24, 2.45) is 10.8 Å². The van der Waals surface area contributed by atoms with Gasteiger partial charge in [0.05, 0.1) is 27.8 Å². The van der Waals surface area contributed by atoms with Gasteiger partial charge in [-0.25, -0.2) is 8.78 Å². The van der Waals surface area contributed by atoms with Crippen molar-refractivity contribution < 1.29 is 27.7 Å². The Morgan fingerprint density at radius 2 is 0.852 bits per heavy atom. The summed E-state index contributed by atoms with van der Waals surface area (Å²) in [4.78, 5) is 0. The third kappa shape index (κ3) is 12.8. The lowest BCUT2D eigenvalue weighted by Gasteiger charge is -2.36. The van der Waals surface area contributed by atoms with E-state index in [2.05, 4.69) is 205 Å². The number of phenolic OH excluding ortho intramolecular Hbond substituents is 2. The number of phenols is 2. The lowest BCUT2D eigenvalue weighted by Crippen LogP contribution is -2.25. The van der Waals surface area contributed by atoms with E-state index in [-0.39, 0.29) is 44.0 Å². The van der Waals surface area contributed by atoms with Gasteiger partial charge in [-0.15, -0.1) is 0 Å². The van der Waals surface area contributed by atoms with Crippen LogP contribution in [0.25, 0.3) is 60.9 Å². The molecule has 0 bridgehead atoms. The van der Waals surface area contributed by atoms with Crippen LogP contribution < -0.4 is 0 Å². The van der Waals surface area contributed by atoms with Crippen molar-refractivity contribution in [1.82, 2.24) is 4.57 Å². The summed E-state index contributed by atoms with van der Waals surface area (Å²) in [6, 6.07) is 30.7. The molecule has 2 N–H and O–H groups in total. The Labute approximate surface area is 527 Å². The lowest BCUT2D eigenvalue weighted by atomic mass is 9.70. The van der Waals surface area contributed by atoms with E-state index in [4.69, 9.17) is 0 Å². The Morgan fingerprint density at radius 3 is 1.27 bits per heavy atom. The SMILES string of the molecule is [CH2-][O+](CCC[O+]([CH2-])c1c(C)cc(F)cc1-c1cc(C(C)(C)CC(C)(C)C)cc(-n2c3cc(C(C)(C)C)ccc3c3ccc(C(C)(C)C)cc32)c1O)c1c(C)cc(F)cc1-c1cc(C(C)(C)CC(C)(C)C)cc(-c2c3c(cc4c2CCCC4)CCCC3)c1O. The first kappa shape index (κ1) is 64.4. The number of nitrogens with zero attached hydrogens (tertiary/aromatic N) is 1. The van der Waals surface area contributed by atoms with Crippen LogP contribution in [-0.2, 0) is 56.1 Å². The number of fused-ring (bicyclic) bond motifs is 5. The highest BCUT2D eigenvalue weighted by atomic mass is 19.1. The molecule has 1 aromatic heterocycles. The molecule has 0 unspecified atom stereocenters. The summed E-state index contributed by atoms with van der Waals surface area (Å²) in [5.41, 5.74) is 17.1. The predicted molar refractivity (Wildman–Crippen MR) is 367 cm³/mol. The standard InChI is InChI=1S/C81H101F2NO4/c1-49-36-57(82)45-65(63-39-55(80(15,16)47-76(3,4)5)41-67(72(63)85)71-59-28-23-21-26-51(59)38-52-27-22-24-29-60(52)71)74(49)87(19)34-25-35-88(20)75-50(2)37-58(83)46-66(75)64-40-56(81(17,18)48-77(6,7)8)44-70(73(64)86)84-68-42-53(78(9,10)11)30-32-61(68)62-33-31-54(43-69(62)84)79(12,13)14/h30-33,36-46,85-86H,19-29,34-35,47-48H2,1-18H3. The summed E-state index contributed by atoms with van der Waals surface area (Å²) >= 11 is 0. The number of benzene rings is 7. The average molecular weight is 1190 g/mol. The normalized spacial score (nSPS) is 14.4. The summed E-state index contributed by atoms with van der Waals surface area (Å²) in [5, 5.41) is 28.6. The zero-order valence-corrected chi connectivity index (χ0v) is 56.7. The van der Waals surface area contributed by atoms with E-state index < -0.39 is 11.6 Å². The van der Waals surface area contributed by atoms with E-state index in [1.165, 1.54) is 51.1 Å². The van der Waals surface area contributed by atoms with E-state index in [1.54, 1.807) is 12.1 Å². The summed E-state index contributed by atoms with van der Waals surface area (Å²) in [6.07, 6.45) is 10.8. The molecule has 10 rings (SSSR count). The minimum absolute atomic E-state index is 0.0119. The number of rotatable bonds is 14. The van der Waals surface area contributed by atoms with Crippen LogP contribution >= 0.6 is 0 Å². The molecule has 0 radical (unpaired) electrons. The molecule has 2 aliphatic carbocycles. The van der Waals surface area contributed by atoms with E-state index in [0.29, 0.717) is 70.2 Å². The van der Waals surface area contributed by atoms with E-state index >= 15 is 8.78 Å². The molecular formula is C81H101F2NO4. The number of hydrogen-bond donors (Lipinski definition) is 2. The number of halogens is 2. The molecule has 0 atom stereocenters. The molecule has 0 saturated heterocycles. The van der Waals surface area contributed by atoms with Gasteiger partial charge in [0.1, 0.15) is 29.6 Å². The highest BCUT2D eigenvalue weighted by molar-refractivity contribution is 6.10. The van der Waals surface area contributed by atoms with Gasteiger partial charge >= 0.3 is 0 Å². The van der Waals surface area contributed by atoms with Crippen LogP contribution in [0.5, 0.6) is 23.0 Å². The zero-order chi connectivity index (χ0) is 64.1. The van der Waals surface area contributed by atoms with Crippen molar-refractivity contribution >= 4 is 21.8 Å². The Kier molecular flexibility index (Phi) is 17.1. The summed E-state index contributed by atoms with van der Waals surface area (Å²) in [5.74, 6) is 0.679. The van der Waals surface area contributed by atoms with Crippen molar-refractivity contribution in [2.45, 2.75) is 217 Å². The molecular weight excluding hydrogens is 1090 g/mol. The van der Waals surface area contributed by atoms with Gasteiger partial charge in [0.2, 0.25) is 11.5 Å². The van der Waals surface area contributed by atoms with Crippen LogP contribution in [0.3, 0.4) is 0 Å². The van der Waals surface area contributed by atoms with Crippen LogP contribution in [0.1, 0.15) is 211 Å². The second kappa shape index (κ2) is 23.3.